The smallest absolute Gasteiger partial charge is 0.225 e. The minimum absolute atomic E-state index is 0.144. The van der Waals surface area contributed by atoms with Crippen molar-refractivity contribution in [3.05, 3.63) is 174 Å². The fourth-order valence-corrected chi connectivity index (χ4v) is 9.98. The lowest BCUT2D eigenvalue weighted by atomic mass is 9.91. The van der Waals surface area contributed by atoms with E-state index in [9.17, 15) is 8.78 Å². The van der Waals surface area contributed by atoms with E-state index in [1.165, 1.54) is 49.9 Å². The first-order valence-corrected chi connectivity index (χ1v) is 25.7. The summed E-state index contributed by atoms with van der Waals surface area (Å²) in [6.45, 7) is 9.55. The zero-order valence-corrected chi connectivity index (χ0v) is 43.1. The molecule has 10 heterocycles. The Morgan fingerprint density at radius 1 is 0.467 bits per heavy atom. The molecule has 2 aromatic carbocycles. The number of piperazine rings is 1. The molecule has 0 saturated carbocycles. The molecule has 75 heavy (non-hydrogen) atoms. The number of aryl methyl sites for hydroxylation is 2. The average molecular weight is 1030 g/mol. The number of benzene rings is 2. The van der Waals surface area contributed by atoms with Crippen LogP contribution in [0.25, 0.3) is 33.3 Å². The maximum Gasteiger partial charge on any atom is 0.225 e. The minimum Gasteiger partial charge on any atom is -0.351 e. The van der Waals surface area contributed by atoms with Crippen molar-refractivity contribution in [2.24, 2.45) is 14.1 Å². The van der Waals surface area contributed by atoms with Gasteiger partial charge in [0, 0.05) is 137 Å². The SMILES string of the molecule is CC[C@@H](c1ccc(F)cc1)c1cnc(N2CCCCC2)nc1.CC[C@@H](c1ccc(F)cc1)c1cnc(N2CCN(c3ncnn4cc(-c5cnn(C)c5)cc34)CC2)nc1.Cn1cc(-c2cc3c(Cl)ncnn3c2)cn1. The molecule has 2 saturated heterocycles. The molecule has 2 aliphatic rings. The van der Waals surface area contributed by atoms with Crippen molar-refractivity contribution in [1.82, 2.24) is 68.7 Å². The van der Waals surface area contributed by atoms with E-state index in [0.717, 1.165) is 125 Å². The van der Waals surface area contributed by atoms with Crippen molar-refractivity contribution in [3.63, 3.8) is 0 Å². The van der Waals surface area contributed by atoms with Gasteiger partial charge in [-0.1, -0.05) is 49.7 Å². The first kappa shape index (κ1) is 50.3. The number of aromatic nitrogens is 14. The maximum absolute atomic E-state index is 13.4. The summed E-state index contributed by atoms with van der Waals surface area (Å²) in [5.74, 6) is 2.42. The van der Waals surface area contributed by atoms with Crippen molar-refractivity contribution >= 4 is 40.3 Å². The molecule has 0 radical (unpaired) electrons. The van der Waals surface area contributed by atoms with Gasteiger partial charge in [-0.25, -0.2) is 47.7 Å². The molecule has 2 fully saturated rings. The van der Waals surface area contributed by atoms with Crippen molar-refractivity contribution in [2.75, 3.05) is 54.0 Å². The Bertz CT molecular complexity index is 3430. The Labute approximate surface area is 438 Å². The highest BCUT2D eigenvalue weighted by atomic mass is 35.5. The predicted molar refractivity (Wildman–Crippen MR) is 287 cm³/mol. The van der Waals surface area contributed by atoms with Crippen molar-refractivity contribution in [1.29, 1.82) is 0 Å². The summed E-state index contributed by atoms with van der Waals surface area (Å²) in [6.07, 6.45) is 27.8. The first-order chi connectivity index (χ1) is 36.6. The van der Waals surface area contributed by atoms with Crippen LogP contribution in [0.2, 0.25) is 5.15 Å². The Kier molecular flexibility index (Phi) is 15.4. The van der Waals surface area contributed by atoms with Gasteiger partial charge in [0.1, 0.15) is 35.3 Å². The van der Waals surface area contributed by atoms with Crippen LogP contribution in [0.3, 0.4) is 0 Å². The number of hydrogen-bond acceptors (Lipinski definition) is 13. The molecule has 8 aromatic heterocycles. The van der Waals surface area contributed by atoms with Gasteiger partial charge in [0.05, 0.1) is 12.4 Å². The van der Waals surface area contributed by atoms with E-state index in [4.69, 9.17) is 11.6 Å². The Morgan fingerprint density at radius 3 is 1.36 bits per heavy atom. The molecule has 2 aliphatic heterocycles. The summed E-state index contributed by atoms with van der Waals surface area (Å²) >= 11 is 5.97. The molecule has 17 nitrogen and oxygen atoms in total. The lowest BCUT2D eigenvalue weighted by Crippen LogP contribution is -2.47. The number of hydrogen-bond donors (Lipinski definition) is 0. The Hall–Kier alpha value is -8.19. The highest BCUT2D eigenvalue weighted by Gasteiger charge is 2.24. The molecule has 2 atom stereocenters. The molecule has 0 unspecified atom stereocenters. The molecular formula is C55H58ClF2N17. The molecule has 12 rings (SSSR count). The van der Waals surface area contributed by atoms with Gasteiger partial charge in [-0.05, 0) is 90.8 Å². The highest BCUT2D eigenvalue weighted by molar-refractivity contribution is 6.32. The summed E-state index contributed by atoms with van der Waals surface area (Å²) < 4.78 is 33.6. The fraction of sp³-hybridized carbons (Fsp3) is 0.309. The summed E-state index contributed by atoms with van der Waals surface area (Å²) in [6, 6.07) is 17.5. The second-order valence-electron chi connectivity index (χ2n) is 18.7. The molecule has 10 aromatic rings. The zero-order valence-electron chi connectivity index (χ0n) is 42.4. The van der Waals surface area contributed by atoms with Crippen LogP contribution in [0.5, 0.6) is 0 Å². The minimum atomic E-state index is -0.224. The molecular weight excluding hydrogens is 972 g/mol. The van der Waals surface area contributed by atoms with Crippen molar-refractivity contribution in [2.45, 2.75) is 57.8 Å². The number of anilines is 3. The first-order valence-electron chi connectivity index (χ1n) is 25.3. The maximum atomic E-state index is 13.4. The van der Waals surface area contributed by atoms with Crippen LogP contribution < -0.4 is 14.7 Å². The predicted octanol–water partition coefficient (Wildman–Crippen LogP) is 9.86. The van der Waals surface area contributed by atoms with E-state index in [-0.39, 0.29) is 23.5 Å². The van der Waals surface area contributed by atoms with Gasteiger partial charge in [-0.2, -0.15) is 20.4 Å². The van der Waals surface area contributed by atoms with E-state index in [2.05, 4.69) is 84.9 Å². The standard InChI is InChI=1S/C27H28FN9.C18H22FN3.C10H8ClN5/c1-3-24(19-4-6-23(28)7-5-19)21-13-29-27(30-14-21)36-10-8-35(9-11-36)26-25-12-20(17-37(25)33-18-31-26)22-15-32-34(2)16-22;1-2-17(14-6-8-16(19)9-7-14)15-12-20-18(21-13-15)22-10-4-3-5-11-22;1-15-4-8(3-13-15)7-2-9-10(11)12-6-14-16(9)5-7/h4-7,12-18,24H,3,8-11H2,1-2H3;6-9,12-13,17H,2-5,10-11H2,1H3;2-6H,1H3/t24-;17-;/m00./s1. The Balaban J connectivity index is 0.000000142. The van der Waals surface area contributed by atoms with Crippen molar-refractivity contribution < 1.29 is 8.78 Å². The summed E-state index contributed by atoms with van der Waals surface area (Å²) in [4.78, 5) is 33.8. The van der Waals surface area contributed by atoms with Gasteiger partial charge in [0.2, 0.25) is 11.9 Å². The van der Waals surface area contributed by atoms with Gasteiger partial charge >= 0.3 is 0 Å². The molecule has 384 valence electrons. The molecule has 0 N–H and O–H groups in total. The summed E-state index contributed by atoms with van der Waals surface area (Å²) in [7, 11) is 3.79. The average Bonchev–Trinajstić information content (AvgIpc) is 4.29. The molecule has 0 aliphatic carbocycles. The monoisotopic (exact) mass is 1030 g/mol. The number of rotatable bonds is 11. The second-order valence-corrected chi connectivity index (χ2v) is 19.1. The third-order valence-corrected chi connectivity index (χ3v) is 14.1. The van der Waals surface area contributed by atoms with Crippen LogP contribution in [-0.2, 0) is 14.1 Å². The van der Waals surface area contributed by atoms with Gasteiger partial charge in [0.15, 0.2) is 11.0 Å². The molecule has 0 spiro atoms. The largest absolute Gasteiger partial charge is 0.351 e. The summed E-state index contributed by atoms with van der Waals surface area (Å²) in [5, 5.41) is 17.4. The van der Waals surface area contributed by atoms with Gasteiger partial charge in [0.25, 0.3) is 0 Å². The normalized spacial score (nSPS) is 14.6. The highest BCUT2D eigenvalue weighted by Crippen LogP contribution is 2.31. The van der Waals surface area contributed by atoms with Crippen LogP contribution in [0, 0.1) is 11.6 Å². The van der Waals surface area contributed by atoms with E-state index in [0.29, 0.717) is 5.15 Å². The quantitative estimate of drug-likeness (QED) is 0.121. The van der Waals surface area contributed by atoms with E-state index >= 15 is 0 Å². The van der Waals surface area contributed by atoms with E-state index < -0.39 is 0 Å². The van der Waals surface area contributed by atoms with Crippen LogP contribution in [0.1, 0.15) is 80.0 Å². The van der Waals surface area contributed by atoms with Gasteiger partial charge in [-0.15, -0.1) is 0 Å². The lowest BCUT2D eigenvalue weighted by molar-refractivity contribution is 0.567. The number of fused-ring (bicyclic) bond motifs is 2. The lowest BCUT2D eigenvalue weighted by Gasteiger charge is -2.35. The van der Waals surface area contributed by atoms with Crippen molar-refractivity contribution in [3.8, 4) is 22.3 Å². The number of halogens is 3. The van der Waals surface area contributed by atoms with Gasteiger partial charge < -0.3 is 14.7 Å². The topological polar surface area (TPSA) is 157 Å². The number of piperidine rings is 1. The van der Waals surface area contributed by atoms with Gasteiger partial charge in [-0.3, -0.25) is 9.36 Å². The van der Waals surface area contributed by atoms with E-state index in [1.54, 1.807) is 26.4 Å². The molecule has 0 bridgehead atoms. The fourth-order valence-electron chi connectivity index (χ4n) is 9.80. The third kappa shape index (κ3) is 11.6. The molecule has 20 heteroatoms. The summed E-state index contributed by atoms with van der Waals surface area (Å²) in [5.41, 5.74) is 10.2. The zero-order chi connectivity index (χ0) is 51.8. The molecule has 0 amide bonds. The van der Waals surface area contributed by atoms with Crippen LogP contribution in [0.4, 0.5) is 26.5 Å². The number of nitrogens with zero attached hydrogens (tertiary/aromatic N) is 17. The van der Waals surface area contributed by atoms with Crippen LogP contribution >= 0.6 is 11.6 Å². The Morgan fingerprint density at radius 2 is 0.907 bits per heavy atom. The van der Waals surface area contributed by atoms with Crippen LogP contribution in [0.15, 0.2) is 135 Å². The van der Waals surface area contributed by atoms with E-state index in [1.807, 2.05) is 105 Å². The second kappa shape index (κ2) is 22.9. The third-order valence-electron chi connectivity index (χ3n) is 13.8. The van der Waals surface area contributed by atoms with Crippen LogP contribution in [-0.4, -0.2) is 108 Å².